The third-order valence-corrected chi connectivity index (χ3v) is 13.8. The molecule has 6 aromatic rings. The zero-order chi connectivity index (χ0) is 46.3. The number of nitriles is 1. The van der Waals surface area contributed by atoms with Gasteiger partial charge in [-0.15, -0.1) is 0 Å². The topological polar surface area (TPSA) is 160 Å². The Morgan fingerprint density at radius 3 is 2.07 bits per heavy atom. The Bertz CT molecular complexity index is 2810. The molecule has 3 N–H and O–H groups in total. The van der Waals surface area contributed by atoms with E-state index in [2.05, 4.69) is 95.9 Å². The summed E-state index contributed by atoms with van der Waals surface area (Å²) in [6, 6.07) is 30.4. The molecule has 2 amide bonds. The number of amides is 2. The molecular formula is C53H56IN7O6. The molecule has 0 bridgehead atoms. The van der Waals surface area contributed by atoms with Gasteiger partial charge in [0.05, 0.1) is 40.6 Å². The van der Waals surface area contributed by atoms with E-state index >= 15 is 0 Å². The van der Waals surface area contributed by atoms with Crippen molar-refractivity contribution in [3.05, 3.63) is 117 Å². The van der Waals surface area contributed by atoms with Crippen molar-refractivity contribution in [2.75, 3.05) is 69.8 Å². The molecule has 0 saturated carbocycles. The maximum Gasteiger partial charge on any atom is 0.262 e. The Morgan fingerprint density at radius 1 is 0.761 bits per heavy atom. The van der Waals surface area contributed by atoms with Crippen LogP contribution in [0.25, 0.3) is 21.8 Å². The number of hydrogen-bond donors (Lipinski definition) is 3. The Balaban J connectivity index is 0.000000168. The Morgan fingerprint density at radius 2 is 1.39 bits per heavy atom. The van der Waals surface area contributed by atoms with Gasteiger partial charge in [0, 0.05) is 32.3 Å². The average Bonchev–Trinajstić information content (AvgIpc) is 3.33. The fourth-order valence-corrected chi connectivity index (χ4v) is 10.3. The Labute approximate surface area is 405 Å². The molecular weight excluding hydrogens is 958 g/mol. The van der Waals surface area contributed by atoms with E-state index < -0.39 is 0 Å². The van der Waals surface area contributed by atoms with Crippen molar-refractivity contribution in [2.45, 2.75) is 58.3 Å². The maximum atomic E-state index is 11.8. The molecule has 4 aliphatic heterocycles. The predicted octanol–water partition coefficient (Wildman–Crippen LogP) is 9.11. The summed E-state index contributed by atoms with van der Waals surface area (Å²) >= 11 is 2.32. The summed E-state index contributed by atoms with van der Waals surface area (Å²) in [6.45, 7) is 10.3. The number of pyridine rings is 2. The summed E-state index contributed by atoms with van der Waals surface area (Å²) in [7, 11) is 0. The highest BCUT2D eigenvalue weighted by Gasteiger charge is 2.28. The lowest BCUT2D eigenvalue weighted by molar-refractivity contribution is -0.119. The highest BCUT2D eigenvalue weighted by molar-refractivity contribution is 14.1. The summed E-state index contributed by atoms with van der Waals surface area (Å²) in [5, 5.41) is 20.7. The summed E-state index contributed by atoms with van der Waals surface area (Å²) in [6.07, 6.45) is 6.46. The lowest BCUT2D eigenvalue weighted by Gasteiger charge is -2.32. The highest BCUT2D eigenvalue weighted by Crippen LogP contribution is 2.39. The third-order valence-electron chi connectivity index (χ3n) is 13.2. The van der Waals surface area contributed by atoms with Crippen molar-refractivity contribution in [3.8, 4) is 29.1 Å². The number of piperidine rings is 2. The van der Waals surface area contributed by atoms with Crippen molar-refractivity contribution in [1.29, 1.82) is 5.26 Å². The number of halogens is 1. The fraction of sp³-hybridized carbons (Fsp3) is 0.377. The number of hydrogen-bond acceptors (Lipinski definition) is 11. The van der Waals surface area contributed by atoms with Crippen LogP contribution in [0, 0.1) is 40.6 Å². The Kier molecular flexibility index (Phi) is 14.7. The second-order valence-corrected chi connectivity index (χ2v) is 19.2. The SMILES string of the molecule is Cc1ccc2c(OCCC(c3ccc4c(c3)NC(=O)CO4)C3CCNCC3)cc(I)cc2n1.Cc1ccc2c(OCCN3CCC(Cc4ccc5c(c4)NC(=O)CO5)CC3)cc(C#N)cc2n1. The number of carbonyl (C=O) groups is 2. The highest BCUT2D eigenvalue weighted by atomic mass is 127. The summed E-state index contributed by atoms with van der Waals surface area (Å²) < 4.78 is 24.6. The maximum absolute atomic E-state index is 11.8. The molecule has 6 heterocycles. The monoisotopic (exact) mass is 1010 g/mol. The quantitative estimate of drug-likeness (QED) is 0.100. The molecule has 2 fully saturated rings. The van der Waals surface area contributed by atoms with Gasteiger partial charge in [0.15, 0.2) is 13.2 Å². The Hall–Kier alpha value is -6.02. The van der Waals surface area contributed by atoms with Gasteiger partial charge < -0.3 is 34.9 Å². The van der Waals surface area contributed by atoms with Gasteiger partial charge in [-0.2, -0.15) is 5.26 Å². The molecule has 0 radical (unpaired) electrons. The molecule has 346 valence electrons. The number of nitrogens with zero attached hydrogens (tertiary/aromatic N) is 4. The molecule has 0 spiro atoms. The molecule has 4 aliphatic rings. The number of aryl methyl sites for hydroxylation is 2. The number of fused-ring (bicyclic) bond motifs is 4. The molecule has 10 rings (SSSR count). The number of ether oxygens (including phenoxy) is 4. The van der Waals surface area contributed by atoms with Gasteiger partial charge in [-0.1, -0.05) is 12.1 Å². The van der Waals surface area contributed by atoms with E-state index in [1.54, 1.807) is 6.07 Å². The first kappa shape index (κ1) is 46.1. The van der Waals surface area contributed by atoms with Gasteiger partial charge in [0.25, 0.3) is 11.8 Å². The zero-order valence-corrected chi connectivity index (χ0v) is 40.2. The van der Waals surface area contributed by atoms with Crippen LogP contribution >= 0.6 is 22.6 Å². The van der Waals surface area contributed by atoms with E-state index in [0.717, 1.165) is 142 Å². The van der Waals surface area contributed by atoms with E-state index in [-0.39, 0.29) is 25.0 Å². The molecule has 2 aromatic heterocycles. The van der Waals surface area contributed by atoms with E-state index in [1.807, 2.05) is 56.3 Å². The van der Waals surface area contributed by atoms with Crippen molar-refractivity contribution in [1.82, 2.24) is 20.2 Å². The number of likely N-dealkylation sites (tertiary alicyclic amines) is 1. The zero-order valence-electron chi connectivity index (χ0n) is 38.0. The minimum Gasteiger partial charge on any atom is -0.493 e. The fourth-order valence-electron chi connectivity index (χ4n) is 9.71. The molecule has 13 nitrogen and oxygen atoms in total. The van der Waals surface area contributed by atoms with Crippen LogP contribution in [0.4, 0.5) is 11.4 Å². The second kappa shape index (κ2) is 21.3. The molecule has 1 unspecified atom stereocenters. The summed E-state index contributed by atoms with van der Waals surface area (Å²) in [5.74, 6) is 4.45. The van der Waals surface area contributed by atoms with Gasteiger partial charge >= 0.3 is 0 Å². The van der Waals surface area contributed by atoms with Crippen LogP contribution in [-0.4, -0.2) is 85.8 Å². The smallest absolute Gasteiger partial charge is 0.262 e. The standard InChI is InChI=1S/C27H28N4O3.C26H28IN3O3/c1-18-2-4-22-23(29-18)14-21(16-28)15-26(22)33-11-10-31-8-6-19(7-9-31)12-20-3-5-25-24(13-20)30-27(32)17-34-25;1-16-2-4-21-22(29-16)13-19(27)14-25(21)32-11-8-20(17-6-9-28-10-7-17)18-3-5-24-23(12-18)30-26(31)15-33-24/h2-5,13-15,19H,6-12,17H2,1H3,(H,30,32);2-5,12-14,17,20,28H,6-11,15H2,1H3,(H,30,31). The predicted molar refractivity (Wildman–Crippen MR) is 268 cm³/mol. The minimum absolute atomic E-state index is 0.0795. The number of aromatic nitrogens is 2. The van der Waals surface area contributed by atoms with Crippen molar-refractivity contribution >= 4 is 67.6 Å². The van der Waals surface area contributed by atoms with E-state index in [4.69, 9.17) is 18.9 Å². The van der Waals surface area contributed by atoms with E-state index in [9.17, 15) is 14.9 Å². The van der Waals surface area contributed by atoms with Gasteiger partial charge in [-0.05, 0) is 203 Å². The second-order valence-electron chi connectivity index (χ2n) is 18.0. The first-order valence-electron chi connectivity index (χ1n) is 23.3. The number of carbonyl (C=O) groups excluding carboxylic acids is 2. The lowest BCUT2D eigenvalue weighted by Crippen LogP contribution is -2.37. The molecule has 0 aliphatic carbocycles. The van der Waals surface area contributed by atoms with Crippen molar-refractivity contribution < 1.29 is 28.5 Å². The van der Waals surface area contributed by atoms with Crippen molar-refractivity contribution in [3.63, 3.8) is 0 Å². The summed E-state index contributed by atoms with van der Waals surface area (Å²) in [5.41, 5.74) is 8.28. The molecule has 4 aromatic carbocycles. The number of rotatable bonds is 12. The molecule has 14 heteroatoms. The van der Waals surface area contributed by atoms with Crippen LogP contribution in [0.15, 0.2) is 84.9 Å². The average molecular weight is 1010 g/mol. The first-order chi connectivity index (χ1) is 32.6. The lowest BCUT2D eigenvalue weighted by atomic mass is 9.78. The number of anilines is 2. The van der Waals surface area contributed by atoms with E-state index in [0.29, 0.717) is 36.5 Å². The van der Waals surface area contributed by atoms with Crippen LogP contribution in [0.1, 0.15) is 66.1 Å². The number of nitrogens with one attached hydrogen (secondary N) is 3. The van der Waals surface area contributed by atoms with Gasteiger partial charge in [-0.3, -0.25) is 24.5 Å². The van der Waals surface area contributed by atoms with Crippen LogP contribution in [0.5, 0.6) is 23.0 Å². The summed E-state index contributed by atoms with van der Waals surface area (Å²) in [4.78, 5) is 35.1. The molecule has 67 heavy (non-hydrogen) atoms. The number of benzene rings is 4. The van der Waals surface area contributed by atoms with Gasteiger partial charge in [-0.25, -0.2) is 0 Å². The van der Waals surface area contributed by atoms with E-state index in [1.165, 1.54) is 11.1 Å². The largest absolute Gasteiger partial charge is 0.493 e. The molecule has 2 saturated heterocycles. The van der Waals surface area contributed by atoms with Gasteiger partial charge in [0.2, 0.25) is 0 Å². The first-order valence-corrected chi connectivity index (χ1v) is 24.4. The third kappa shape index (κ3) is 11.6. The van der Waals surface area contributed by atoms with Crippen LogP contribution < -0.4 is 34.9 Å². The van der Waals surface area contributed by atoms with Gasteiger partial charge in [0.1, 0.15) is 29.6 Å². The molecule has 1 atom stereocenters. The normalized spacial score (nSPS) is 16.8. The van der Waals surface area contributed by atoms with Crippen LogP contribution in [-0.2, 0) is 16.0 Å². The van der Waals surface area contributed by atoms with Crippen LogP contribution in [0.3, 0.4) is 0 Å². The van der Waals surface area contributed by atoms with Crippen molar-refractivity contribution in [2.24, 2.45) is 11.8 Å². The van der Waals surface area contributed by atoms with Crippen LogP contribution in [0.2, 0.25) is 0 Å². The minimum atomic E-state index is -0.101.